The Morgan fingerprint density at radius 3 is 2.85 bits per heavy atom. The molecule has 108 valence electrons. The Morgan fingerprint density at radius 2 is 2.15 bits per heavy atom. The number of piperazine rings is 1. The van der Waals surface area contributed by atoms with E-state index < -0.39 is 0 Å². The Hall–Kier alpha value is -1.52. The molecule has 2 heterocycles. The highest BCUT2D eigenvalue weighted by atomic mass is 35.5. The minimum Gasteiger partial charge on any atom is -0.451 e. The standard InChI is InChI=1S/C15H18N2O2.ClH/c1-10-9-16-7-8-17(10)15(18)14-11(2)12-5-3-4-6-13(12)19-14;/h3-6,10,16H,7-9H2,1-2H3;1H. The molecule has 1 fully saturated rings. The molecule has 0 saturated carbocycles. The quantitative estimate of drug-likeness (QED) is 0.879. The van der Waals surface area contributed by atoms with Gasteiger partial charge in [-0.2, -0.15) is 0 Å². The lowest BCUT2D eigenvalue weighted by atomic mass is 10.1. The molecule has 1 aliphatic heterocycles. The zero-order valence-corrected chi connectivity index (χ0v) is 12.5. The second kappa shape index (κ2) is 5.85. The van der Waals surface area contributed by atoms with E-state index in [9.17, 15) is 4.79 Å². The maximum Gasteiger partial charge on any atom is 0.290 e. The molecular formula is C15H19ClN2O2. The Morgan fingerprint density at radius 1 is 1.40 bits per heavy atom. The van der Waals surface area contributed by atoms with Crippen molar-refractivity contribution in [1.29, 1.82) is 0 Å². The SMILES string of the molecule is Cc1c(C(=O)N2CCNCC2C)oc2ccccc12.Cl. The summed E-state index contributed by atoms with van der Waals surface area (Å²) >= 11 is 0. The molecule has 1 unspecified atom stereocenters. The van der Waals surface area contributed by atoms with Crippen LogP contribution in [0.3, 0.4) is 0 Å². The highest BCUT2D eigenvalue weighted by Gasteiger charge is 2.28. The van der Waals surface area contributed by atoms with Gasteiger partial charge in [-0.25, -0.2) is 0 Å². The maximum absolute atomic E-state index is 12.6. The lowest BCUT2D eigenvalue weighted by molar-refractivity contribution is 0.0624. The molecule has 1 saturated heterocycles. The average Bonchev–Trinajstić information content (AvgIpc) is 2.77. The zero-order chi connectivity index (χ0) is 13.4. The summed E-state index contributed by atoms with van der Waals surface area (Å²) < 4.78 is 5.75. The number of amides is 1. The van der Waals surface area contributed by atoms with Gasteiger partial charge in [-0.3, -0.25) is 4.79 Å². The monoisotopic (exact) mass is 294 g/mol. The van der Waals surface area contributed by atoms with Gasteiger partial charge in [-0.05, 0) is 19.9 Å². The van der Waals surface area contributed by atoms with Crippen LogP contribution < -0.4 is 5.32 Å². The van der Waals surface area contributed by atoms with E-state index in [1.165, 1.54) is 0 Å². The molecule has 1 atom stereocenters. The molecular weight excluding hydrogens is 276 g/mol. The number of benzene rings is 1. The van der Waals surface area contributed by atoms with Crippen molar-refractivity contribution in [2.24, 2.45) is 0 Å². The number of halogens is 1. The van der Waals surface area contributed by atoms with Crippen LogP contribution in [0.2, 0.25) is 0 Å². The number of nitrogens with one attached hydrogen (secondary N) is 1. The number of hydrogen-bond acceptors (Lipinski definition) is 3. The first-order valence-corrected chi connectivity index (χ1v) is 6.68. The van der Waals surface area contributed by atoms with Gasteiger partial charge in [0.1, 0.15) is 5.58 Å². The summed E-state index contributed by atoms with van der Waals surface area (Å²) in [6, 6.07) is 7.99. The predicted molar refractivity (Wildman–Crippen MR) is 81.6 cm³/mol. The summed E-state index contributed by atoms with van der Waals surface area (Å²) in [5, 5.41) is 4.31. The van der Waals surface area contributed by atoms with Gasteiger partial charge < -0.3 is 14.6 Å². The van der Waals surface area contributed by atoms with Crippen LogP contribution in [0, 0.1) is 6.92 Å². The summed E-state index contributed by atoms with van der Waals surface area (Å²) in [5.74, 6) is 0.484. The molecule has 0 bridgehead atoms. The molecule has 1 aromatic carbocycles. The Labute approximate surface area is 124 Å². The van der Waals surface area contributed by atoms with Gasteiger partial charge >= 0.3 is 0 Å². The number of rotatable bonds is 1. The number of aryl methyl sites for hydroxylation is 1. The molecule has 0 radical (unpaired) electrons. The molecule has 20 heavy (non-hydrogen) atoms. The fourth-order valence-corrected chi connectivity index (χ4v) is 2.65. The van der Waals surface area contributed by atoms with Crippen molar-refractivity contribution in [3.63, 3.8) is 0 Å². The third-order valence-electron chi connectivity index (χ3n) is 3.80. The number of para-hydroxylation sites is 1. The smallest absolute Gasteiger partial charge is 0.290 e. The molecule has 1 amide bonds. The molecule has 5 heteroatoms. The van der Waals surface area contributed by atoms with Crippen molar-refractivity contribution in [1.82, 2.24) is 10.2 Å². The Kier molecular flexibility index (Phi) is 4.35. The first-order valence-electron chi connectivity index (χ1n) is 6.68. The average molecular weight is 295 g/mol. The van der Waals surface area contributed by atoms with E-state index >= 15 is 0 Å². The van der Waals surface area contributed by atoms with E-state index in [1.54, 1.807) is 0 Å². The van der Waals surface area contributed by atoms with Crippen LogP contribution in [0.15, 0.2) is 28.7 Å². The predicted octanol–water partition coefficient (Wildman–Crippen LogP) is 2.60. The number of furan rings is 1. The molecule has 1 N–H and O–H groups in total. The highest BCUT2D eigenvalue weighted by molar-refractivity contribution is 5.99. The van der Waals surface area contributed by atoms with Gasteiger partial charge in [0.2, 0.25) is 0 Å². The van der Waals surface area contributed by atoms with Crippen molar-refractivity contribution < 1.29 is 9.21 Å². The van der Waals surface area contributed by atoms with E-state index in [2.05, 4.69) is 12.2 Å². The number of nitrogens with zero attached hydrogens (tertiary/aromatic N) is 1. The summed E-state index contributed by atoms with van der Waals surface area (Å²) in [4.78, 5) is 14.5. The molecule has 2 aromatic rings. The van der Waals surface area contributed by atoms with Crippen LogP contribution in [0.5, 0.6) is 0 Å². The second-order valence-corrected chi connectivity index (χ2v) is 5.10. The van der Waals surface area contributed by atoms with Crippen LogP contribution in [0.4, 0.5) is 0 Å². The van der Waals surface area contributed by atoms with Gasteiger partial charge in [0, 0.05) is 36.6 Å². The Balaban J connectivity index is 0.00000147. The van der Waals surface area contributed by atoms with E-state index in [0.717, 1.165) is 36.2 Å². The molecule has 0 aliphatic carbocycles. The minimum absolute atomic E-state index is 0. The number of fused-ring (bicyclic) bond motifs is 1. The van der Waals surface area contributed by atoms with Crippen LogP contribution in [-0.4, -0.2) is 36.5 Å². The minimum atomic E-state index is 0. The lowest BCUT2D eigenvalue weighted by Gasteiger charge is -2.33. The van der Waals surface area contributed by atoms with E-state index in [0.29, 0.717) is 5.76 Å². The van der Waals surface area contributed by atoms with Crippen LogP contribution in [0.25, 0.3) is 11.0 Å². The number of carbonyl (C=O) groups excluding carboxylic acids is 1. The second-order valence-electron chi connectivity index (χ2n) is 5.10. The Bertz CT molecular complexity index is 623. The largest absolute Gasteiger partial charge is 0.451 e. The number of hydrogen-bond donors (Lipinski definition) is 1. The molecule has 4 nitrogen and oxygen atoms in total. The molecule has 1 aliphatic rings. The van der Waals surface area contributed by atoms with Crippen LogP contribution in [-0.2, 0) is 0 Å². The topological polar surface area (TPSA) is 45.5 Å². The van der Waals surface area contributed by atoms with E-state index in [-0.39, 0.29) is 24.4 Å². The highest BCUT2D eigenvalue weighted by Crippen LogP contribution is 2.26. The summed E-state index contributed by atoms with van der Waals surface area (Å²) in [6.07, 6.45) is 0. The maximum atomic E-state index is 12.6. The first kappa shape index (κ1) is 14.9. The summed E-state index contributed by atoms with van der Waals surface area (Å²) in [5.41, 5.74) is 1.72. The van der Waals surface area contributed by atoms with E-state index in [4.69, 9.17) is 4.42 Å². The van der Waals surface area contributed by atoms with Gasteiger partial charge in [0.25, 0.3) is 5.91 Å². The fraction of sp³-hybridized carbons (Fsp3) is 0.400. The van der Waals surface area contributed by atoms with Gasteiger partial charge in [0.05, 0.1) is 0 Å². The lowest BCUT2D eigenvalue weighted by Crippen LogP contribution is -2.52. The van der Waals surface area contributed by atoms with Gasteiger partial charge in [0.15, 0.2) is 5.76 Å². The molecule has 1 aromatic heterocycles. The molecule has 3 rings (SSSR count). The third-order valence-corrected chi connectivity index (χ3v) is 3.80. The number of carbonyl (C=O) groups is 1. The summed E-state index contributed by atoms with van der Waals surface area (Å²) in [6.45, 7) is 6.42. The zero-order valence-electron chi connectivity index (χ0n) is 11.7. The van der Waals surface area contributed by atoms with Crippen LogP contribution in [0.1, 0.15) is 23.0 Å². The van der Waals surface area contributed by atoms with Crippen molar-refractivity contribution in [3.8, 4) is 0 Å². The van der Waals surface area contributed by atoms with Crippen molar-refractivity contribution in [2.75, 3.05) is 19.6 Å². The first-order chi connectivity index (χ1) is 9.18. The third kappa shape index (κ3) is 2.41. The summed E-state index contributed by atoms with van der Waals surface area (Å²) in [7, 11) is 0. The van der Waals surface area contributed by atoms with E-state index in [1.807, 2.05) is 36.1 Å². The molecule has 0 spiro atoms. The van der Waals surface area contributed by atoms with Gasteiger partial charge in [-0.1, -0.05) is 18.2 Å². The van der Waals surface area contributed by atoms with Crippen molar-refractivity contribution in [3.05, 3.63) is 35.6 Å². The normalized spacial score (nSPS) is 18.9. The fourth-order valence-electron chi connectivity index (χ4n) is 2.65. The van der Waals surface area contributed by atoms with Crippen molar-refractivity contribution >= 4 is 29.3 Å². The van der Waals surface area contributed by atoms with Gasteiger partial charge in [-0.15, -0.1) is 12.4 Å². The van der Waals surface area contributed by atoms with Crippen molar-refractivity contribution in [2.45, 2.75) is 19.9 Å². The van der Waals surface area contributed by atoms with Crippen LogP contribution >= 0.6 is 12.4 Å².